The van der Waals surface area contributed by atoms with Crippen molar-refractivity contribution in [3.63, 3.8) is 0 Å². The van der Waals surface area contributed by atoms with E-state index in [2.05, 4.69) is 16.7 Å². The van der Waals surface area contributed by atoms with Crippen molar-refractivity contribution in [2.45, 2.75) is 37.5 Å². The molecule has 1 fully saturated rings. The maximum absolute atomic E-state index is 11.9. The summed E-state index contributed by atoms with van der Waals surface area (Å²) < 4.78 is 26.6. The van der Waals surface area contributed by atoms with E-state index in [1.807, 2.05) is 30.3 Å². The molecule has 2 rings (SSSR count). The standard InChI is InChI=1S/C15H24N2O2S/c1-17-12-6-10-15(17)9-5-11-16-20(18,19)13-14-7-3-2-4-8-14/h2-4,7-8,15-16H,5-6,9-13H2,1H3/t15-/m1/s1. The van der Waals surface area contributed by atoms with Crippen LogP contribution in [0.4, 0.5) is 0 Å². The van der Waals surface area contributed by atoms with Crippen molar-refractivity contribution in [2.75, 3.05) is 20.1 Å². The zero-order valence-corrected chi connectivity index (χ0v) is 12.9. The second-order valence-electron chi connectivity index (χ2n) is 5.56. The van der Waals surface area contributed by atoms with Crippen molar-refractivity contribution >= 4 is 10.0 Å². The van der Waals surface area contributed by atoms with Gasteiger partial charge < -0.3 is 4.90 Å². The summed E-state index contributed by atoms with van der Waals surface area (Å²) in [5.41, 5.74) is 0.829. The lowest BCUT2D eigenvalue weighted by Gasteiger charge is -2.19. The van der Waals surface area contributed by atoms with Crippen molar-refractivity contribution in [2.24, 2.45) is 0 Å². The van der Waals surface area contributed by atoms with Gasteiger partial charge in [-0.05, 0) is 44.8 Å². The topological polar surface area (TPSA) is 49.4 Å². The maximum atomic E-state index is 11.9. The molecule has 0 amide bonds. The molecule has 20 heavy (non-hydrogen) atoms. The van der Waals surface area contributed by atoms with Gasteiger partial charge in [-0.15, -0.1) is 0 Å². The molecule has 1 aromatic rings. The van der Waals surface area contributed by atoms with Crippen LogP contribution in [0.25, 0.3) is 0 Å². The molecule has 0 aromatic heterocycles. The van der Waals surface area contributed by atoms with Crippen LogP contribution in [-0.2, 0) is 15.8 Å². The molecule has 0 bridgehead atoms. The van der Waals surface area contributed by atoms with Crippen LogP contribution in [0, 0.1) is 0 Å². The largest absolute Gasteiger partial charge is 0.303 e. The summed E-state index contributed by atoms with van der Waals surface area (Å²) >= 11 is 0. The van der Waals surface area contributed by atoms with E-state index in [4.69, 9.17) is 0 Å². The molecule has 0 saturated carbocycles. The zero-order valence-electron chi connectivity index (χ0n) is 12.1. The minimum Gasteiger partial charge on any atom is -0.303 e. The summed E-state index contributed by atoms with van der Waals surface area (Å²) in [6.07, 6.45) is 4.49. The van der Waals surface area contributed by atoms with E-state index in [9.17, 15) is 8.42 Å². The van der Waals surface area contributed by atoms with E-state index in [1.54, 1.807) is 0 Å². The lowest BCUT2D eigenvalue weighted by molar-refractivity contribution is 0.292. The van der Waals surface area contributed by atoms with Crippen LogP contribution >= 0.6 is 0 Å². The predicted molar refractivity (Wildman–Crippen MR) is 82.0 cm³/mol. The molecule has 1 aliphatic rings. The van der Waals surface area contributed by atoms with E-state index in [0.29, 0.717) is 12.6 Å². The van der Waals surface area contributed by atoms with Gasteiger partial charge in [0.25, 0.3) is 0 Å². The average Bonchev–Trinajstić information content (AvgIpc) is 2.81. The molecule has 1 saturated heterocycles. The molecule has 1 aliphatic heterocycles. The first-order chi connectivity index (χ1) is 9.57. The molecule has 1 aromatic carbocycles. The zero-order chi connectivity index (χ0) is 14.4. The number of hydrogen-bond donors (Lipinski definition) is 1. The fourth-order valence-corrected chi connectivity index (χ4v) is 3.94. The average molecular weight is 296 g/mol. The summed E-state index contributed by atoms with van der Waals surface area (Å²) in [5.74, 6) is 0.0666. The Balaban J connectivity index is 1.70. The van der Waals surface area contributed by atoms with Gasteiger partial charge in [-0.1, -0.05) is 30.3 Å². The van der Waals surface area contributed by atoms with Crippen LogP contribution in [0.3, 0.4) is 0 Å². The highest BCUT2D eigenvalue weighted by Crippen LogP contribution is 2.18. The molecule has 0 aliphatic carbocycles. The Morgan fingerprint density at radius 2 is 2.05 bits per heavy atom. The smallest absolute Gasteiger partial charge is 0.215 e. The van der Waals surface area contributed by atoms with Crippen molar-refractivity contribution in [1.82, 2.24) is 9.62 Å². The highest BCUT2D eigenvalue weighted by molar-refractivity contribution is 7.88. The third-order valence-corrected chi connectivity index (χ3v) is 5.26. The fraction of sp³-hybridized carbons (Fsp3) is 0.600. The Bertz CT molecular complexity index is 502. The Labute approximate surface area is 122 Å². The molecule has 5 heteroatoms. The number of likely N-dealkylation sites (tertiary alicyclic amines) is 1. The summed E-state index contributed by atoms with van der Waals surface area (Å²) in [4.78, 5) is 2.37. The van der Waals surface area contributed by atoms with E-state index in [0.717, 1.165) is 18.4 Å². The van der Waals surface area contributed by atoms with Crippen molar-refractivity contribution in [3.8, 4) is 0 Å². The molecule has 0 unspecified atom stereocenters. The number of sulfonamides is 1. The molecule has 0 spiro atoms. The maximum Gasteiger partial charge on any atom is 0.215 e. The highest BCUT2D eigenvalue weighted by Gasteiger charge is 2.20. The van der Waals surface area contributed by atoms with Crippen molar-refractivity contribution < 1.29 is 8.42 Å². The van der Waals surface area contributed by atoms with Crippen LogP contribution in [0.1, 0.15) is 31.2 Å². The lowest BCUT2D eigenvalue weighted by Crippen LogP contribution is -2.29. The number of hydrogen-bond acceptors (Lipinski definition) is 3. The van der Waals surface area contributed by atoms with Gasteiger partial charge in [-0.3, -0.25) is 0 Å². The third-order valence-electron chi connectivity index (χ3n) is 3.91. The summed E-state index contributed by atoms with van der Waals surface area (Å²) in [7, 11) is -1.06. The second-order valence-corrected chi connectivity index (χ2v) is 7.36. The van der Waals surface area contributed by atoms with Crippen LogP contribution in [0.5, 0.6) is 0 Å². The van der Waals surface area contributed by atoms with Gasteiger partial charge in [-0.2, -0.15) is 0 Å². The van der Waals surface area contributed by atoms with Gasteiger partial charge in [0.05, 0.1) is 5.75 Å². The fourth-order valence-electron chi connectivity index (χ4n) is 2.75. The van der Waals surface area contributed by atoms with Gasteiger partial charge in [0.15, 0.2) is 0 Å². The Morgan fingerprint density at radius 1 is 1.30 bits per heavy atom. The molecule has 4 nitrogen and oxygen atoms in total. The first-order valence-corrected chi connectivity index (χ1v) is 8.93. The summed E-state index contributed by atoms with van der Waals surface area (Å²) in [6.45, 7) is 1.71. The van der Waals surface area contributed by atoms with Crippen molar-refractivity contribution in [3.05, 3.63) is 35.9 Å². The highest BCUT2D eigenvalue weighted by atomic mass is 32.2. The number of nitrogens with zero attached hydrogens (tertiary/aromatic N) is 1. The minimum atomic E-state index is -3.21. The molecular formula is C15H24N2O2S. The molecule has 112 valence electrons. The molecular weight excluding hydrogens is 272 g/mol. The Kier molecular flexibility index (Phi) is 5.57. The van der Waals surface area contributed by atoms with Gasteiger partial charge in [0.2, 0.25) is 10.0 Å². The van der Waals surface area contributed by atoms with Crippen LogP contribution in [0.15, 0.2) is 30.3 Å². The lowest BCUT2D eigenvalue weighted by atomic mass is 10.1. The first kappa shape index (κ1) is 15.5. The minimum absolute atomic E-state index is 0.0666. The monoisotopic (exact) mass is 296 g/mol. The summed E-state index contributed by atoms with van der Waals surface area (Å²) in [6, 6.07) is 9.93. The summed E-state index contributed by atoms with van der Waals surface area (Å²) in [5, 5.41) is 0. The van der Waals surface area contributed by atoms with E-state index in [-0.39, 0.29) is 5.75 Å². The third kappa shape index (κ3) is 4.89. The molecule has 1 heterocycles. The van der Waals surface area contributed by atoms with Gasteiger partial charge in [0.1, 0.15) is 0 Å². The Hall–Kier alpha value is -0.910. The molecule has 1 N–H and O–H groups in total. The van der Waals surface area contributed by atoms with E-state index >= 15 is 0 Å². The second kappa shape index (κ2) is 7.20. The number of rotatable bonds is 7. The number of nitrogens with one attached hydrogen (secondary N) is 1. The quantitative estimate of drug-likeness (QED) is 0.783. The van der Waals surface area contributed by atoms with Crippen LogP contribution in [-0.4, -0.2) is 39.5 Å². The van der Waals surface area contributed by atoms with Gasteiger partial charge in [-0.25, -0.2) is 13.1 Å². The van der Waals surface area contributed by atoms with Crippen LogP contribution < -0.4 is 4.72 Å². The first-order valence-electron chi connectivity index (χ1n) is 7.28. The van der Waals surface area contributed by atoms with Gasteiger partial charge in [0, 0.05) is 12.6 Å². The van der Waals surface area contributed by atoms with E-state index < -0.39 is 10.0 Å². The van der Waals surface area contributed by atoms with Crippen molar-refractivity contribution in [1.29, 1.82) is 0 Å². The predicted octanol–water partition coefficient (Wildman–Crippen LogP) is 1.98. The Morgan fingerprint density at radius 3 is 2.70 bits per heavy atom. The SMILES string of the molecule is CN1CCC[C@H]1CCCNS(=O)(=O)Cc1ccccc1. The van der Waals surface area contributed by atoms with Crippen LogP contribution in [0.2, 0.25) is 0 Å². The normalized spacial score (nSPS) is 20.4. The molecule has 0 radical (unpaired) electrons. The van der Waals surface area contributed by atoms with E-state index in [1.165, 1.54) is 19.4 Å². The van der Waals surface area contributed by atoms with Gasteiger partial charge >= 0.3 is 0 Å². The number of benzene rings is 1. The molecule has 1 atom stereocenters.